The molecule has 0 aliphatic carbocycles. The van der Waals surface area contributed by atoms with E-state index < -0.39 is 0 Å². The van der Waals surface area contributed by atoms with Crippen LogP contribution in [0.15, 0.2) is 16.7 Å². The molecule has 0 aromatic carbocycles. The number of morpholine rings is 1. The molecule has 1 fully saturated rings. The summed E-state index contributed by atoms with van der Waals surface area (Å²) in [5.41, 5.74) is 1.24. The van der Waals surface area contributed by atoms with Crippen molar-refractivity contribution in [2.45, 2.75) is 46.4 Å². The fourth-order valence-electron chi connectivity index (χ4n) is 2.56. The molecule has 1 aromatic heterocycles. The molecule has 21 heavy (non-hydrogen) atoms. The Hall–Kier alpha value is -0.650. The van der Waals surface area contributed by atoms with Crippen molar-refractivity contribution in [3.05, 3.63) is 22.3 Å². The topological polar surface area (TPSA) is 37.4 Å². The fraction of sp³-hybridized carbons (Fsp3) is 0.688. The van der Waals surface area contributed by atoms with E-state index in [9.17, 15) is 0 Å². The van der Waals surface area contributed by atoms with Crippen LogP contribution in [0.4, 0.5) is 5.82 Å². The lowest BCUT2D eigenvalue weighted by atomic mass is 10.1. The summed E-state index contributed by atoms with van der Waals surface area (Å²) >= 11 is 3.53. The molecule has 0 amide bonds. The third kappa shape index (κ3) is 4.66. The van der Waals surface area contributed by atoms with Crippen molar-refractivity contribution in [3.63, 3.8) is 0 Å². The van der Waals surface area contributed by atoms with Crippen molar-refractivity contribution < 1.29 is 4.74 Å². The van der Waals surface area contributed by atoms with Crippen molar-refractivity contribution in [3.8, 4) is 0 Å². The molecule has 2 unspecified atom stereocenters. The average Bonchev–Trinajstić information content (AvgIpc) is 2.42. The van der Waals surface area contributed by atoms with Gasteiger partial charge < -0.3 is 15.0 Å². The van der Waals surface area contributed by atoms with E-state index in [1.165, 1.54) is 5.56 Å². The monoisotopic (exact) mass is 355 g/mol. The van der Waals surface area contributed by atoms with E-state index in [1.807, 2.05) is 6.20 Å². The Bertz CT molecular complexity index is 467. The first-order chi connectivity index (χ1) is 9.97. The Balaban J connectivity index is 2.17. The van der Waals surface area contributed by atoms with Crippen molar-refractivity contribution >= 4 is 21.7 Å². The number of anilines is 1. The highest BCUT2D eigenvalue weighted by Gasteiger charge is 2.26. The number of hydrogen-bond acceptors (Lipinski definition) is 4. The molecule has 1 aromatic rings. The van der Waals surface area contributed by atoms with Gasteiger partial charge in [0.1, 0.15) is 5.82 Å². The van der Waals surface area contributed by atoms with Gasteiger partial charge in [0, 0.05) is 29.3 Å². The summed E-state index contributed by atoms with van der Waals surface area (Å²) in [6.07, 6.45) is 2.14. The SMILES string of the molecule is CC(C)CNCc1cc(Br)cnc1N1CC(C)OCC1C. The highest BCUT2D eigenvalue weighted by Crippen LogP contribution is 2.26. The number of ether oxygens (including phenoxy) is 1. The minimum Gasteiger partial charge on any atom is -0.375 e. The number of halogens is 1. The zero-order chi connectivity index (χ0) is 15.4. The van der Waals surface area contributed by atoms with Gasteiger partial charge in [-0.15, -0.1) is 0 Å². The first kappa shape index (κ1) is 16.7. The second-order valence-corrected chi connectivity index (χ2v) is 7.22. The largest absolute Gasteiger partial charge is 0.375 e. The Morgan fingerprint density at radius 3 is 2.95 bits per heavy atom. The van der Waals surface area contributed by atoms with Crippen LogP contribution < -0.4 is 10.2 Å². The summed E-state index contributed by atoms with van der Waals surface area (Å²) in [6.45, 7) is 12.3. The normalized spacial score (nSPS) is 22.9. The Kier molecular flexibility index (Phi) is 6.02. The number of nitrogens with one attached hydrogen (secondary N) is 1. The molecule has 2 atom stereocenters. The van der Waals surface area contributed by atoms with Gasteiger partial charge in [0.15, 0.2) is 0 Å². The van der Waals surface area contributed by atoms with Crippen LogP contribution in [0.1, 0.15) is 33.3 Å². The Morgan fingerprint density at radius 1 is 1.48 bits per heavy atom. The van der Waals surface area contributed by atoms with E-state index in [2.05, 4.69) is 64.9 Å². The second kappa shape index (κ2) is 7.56. The summed E-state index contributed by atoms with van der Waals surface area (Å²) in [6, 6.07) is 2.53. The third-order valence-corrected chi connectivity index (χ3v) is 4.09. The number of aromatic nitrogens is 1. The molecule has 2 rings (SSSR count). The average molecular weight is 356 g/mol. The fourth-order valence-corrected chi connectivity index (χ4v) is 2.94. The predicted octanol–water partition coefficient (Wildman–Crippen LogP) is 3.20. The minimum atomic E-state index is 0.253. The summed E-state index contributed by atoms with van der Waals surface area (Å²) < 4.78 is 6.75. The second-order valence-electron chi connectivity index (χ2n) is 6.31. The van der Waals surface area contributed by atoms with Gasteiger partial charge in [0.25, 0.3) is 0 Å². The molecule has 1 saturated heterocycles. The maximum atomic E-state index is 5.72. The van der Waals surface area contributed by atoms with E-state index in [-0.39, 0.29) is 6.10 Å². The molecule has 5 heteroatoms. The molecule has 4 nitrogen and oxygen atoms in total. The van der Waals surface area contributed by atoms with Gasteiger partial charge in [-0.1, -0.05) is 13.8 Å². The van der Waals surface area contributed by atoms with Crippen LogP contribution in [0.2, 0.25) is 0 Å². The van der Waals surface area contributed by atoms with Crippen LogP contribution in [0.3, 0.4) is 0 Å². The molecule has 1 aliphatic heterocycles. The minimum absolute atomic E-state index is 0.253. The maximum Gasteiger partial charge on any atom is 0.133 e. The van der Waals surface area contributed by atoms with E-state index in [0.717, 1.165) is 36.5 Å². The van der Waals surface area contributed by atoms with E-state index in [4.69, 9.17) is 4.74 Å². The first-order valence-corrected chi connectivity index (χ1v) is 8.50. The molecule has 0 radical (unpaired) electrons. The molecule has 118 valence electrons. The van der Waals surface area contributed by atoms with Crippen LogP contribution in [0, 0.1) is 5.92 Å². The lowest BCUT2D eigenvalue weighted by molar-refractivity contribution is 0.0339. The van der Waals surface area contributed by atoms with Crippen LogP contribution in [0.5, 0.6) is 0 Å². The summed E-state index contributed by atoms with van der Waals surface area (Å²) in [5.74, 6) is 1.73. The van der Waals surface area contributed by atoms with Crippen molar-refractivity contribution in [2.75, 3.05) is 24.6 Å². The molecule has 0 saturated carbocycles. The molecule has 2 heterocycles. The first-order valence-electron chi connectivity index (χ1n) is 7.70. The van der Waals surface area contributed by atoms with E-state index >= 15 is 0 Å². The van der Waals surface area contributed by atoms with Gasteiger partial charge in [0.2, 0.25) is 0 Å². The number of pyridine rings is 1. The van der Waals surface area contributed by atoms with E-state index in [1.54, 1.807) is 0 Å². The zero-order valence-electron chi connectivity index (χ0n) is 13.4. The standard InChI is InChI=1S/C16H26BrN3O/c1-11(2)6-18-7-14-5-15(17)8-19-16(14)20-9-13(4)21-10-12(20)3/h5,8,11-13,18H,6-7,9-10H2,1-4H3. The maximum absolute atomic E-state index is 5.72. The summed E-state index contributed by atoms with van der Waals surface area (Å²) in [4.78, 5) is 7.04. The van der Waals surface area contributed by atoms with Crippen molar-refractivity contribution in [1.29, 1.82) is 0 Å². The van der Waals surface area contributed by atoms with Crippen LogP contribution in [0.25, 0.3) is 0 Å². The lowest BCUT2D eigenvalue weighted by Crippen LogP contribution is -2.48. The molecular weight excluding hydrogens is 330 g/mol. The van der Waals surface area contributed by atoms with Gasteiger partial charge in [0.05, 0.1) is 18.8 Å². The molecule has 1 N–H and O–H groups in total. The molecule has 0 spiro atoms. The van der Waals surface area contributed by atoms with Gasteiger partial charge in [-0.05, 0) is 48.3 Å². The summed E-state index contributed by atoms with van der Waals surface area (Å²) in [5, 5.41) is 3.52. The van der Waals surface area contributed by atoms with Gasteiger partial charge >= 0.3 is 0 Å². The smallest absolute Gasteiger partial charge is 0.133 e. The number of hydrogen-bond donors (Lipinski definition) is 1. The van der Waals surface area contributed by atoms with Crippen LogP contribution >= 0.6 is 15.9 Å². The molecule has 0 bridgehead atoms. The molecular formula is C16H26BrN3O. The highest BCUT2D eigenvalue weighted by atomic mass is 79.9. The highest BCUT2D eigenvalue weighted by molar-refractivity contribution is 9.10. The molecule has 1 aliphatic rings. The van der Waals surface area contributed by atoms with Gasteiger partial charge in [-0.25, -0.2) is 4.98 Å². The summed E-state index contributed by atoms with van der Waals surface area (Å²) in [7, 11) is 0. The van der Waals surface area contributed by atoms with Gasteiger partial charge in [-0.3, -0.25) is 0 Å². The number of rotatable bonds is 5. The van der Waals surface area contributed by atoms with Gasteiger partial charge in [-0.2, -0.15) is 0 Å². The zero-order valence-corrected chi connectivity index (χ0v) is 15.0. The van der Waals surface area contributed by atoms with Crippen LogP contribution in [-0.4, -0.2) is 36.8 Å². The van der Waals surface area contributed by atoms with Crippen LogP contribution in [-0.2, 0) is 11.3 Å². The predicted molar refractivity (Wildman–Crippen MR) is 90.7 cm³/mol. The van der Waals surface area contributed by atoms with Crippen molar-refractivity contribution in [2.24, 2.45) is 5.92 Å². The van der Waals surface area contributed by atoms with E-state index in [0.29, 0.717) is 12.0 Å². The third-order valence-electron chi connectivity index (χ3n) is 3.66. The Morgan fingerprint density at radius 2 is 2.24 bits per heavy atom. The quantitative estimate of drug-likeness (QED) is 0.879. The van der Waals surface area contributed by atoms with Crippen molar-refractivity contribution in [1.82, 2.24) is 10.3 Å². The lowest BCUT2D eigenvalue weighted by Gasteiger charge is -2.38. The Labute approximate surface area is 136 Å². The number of nitrogens with zero attached hydrogens (tertiary/aromatic N) is 2.